The molecule has 19 heteroatoms. The van der Waals surface area contributed by atoms with Gasteiger partial charge in [0.2, 0.25) is 0 Å². The van der Waals surface area contributed by atoms with Gasteiger partial charge in [0, 0.05) is 25.7 Å². The maximum absolute atomic E-state index is 13.1. The van der Waals surface area contributed by atoms with E-state index in [0.29, 0.717) is 25.7 Å². The zero-order chi connectivity index (χ0) is 73.4. The van der Waals surface area contributed by atoms with Gasteiger partial charge in [-0.2, -0.15) is 0 Å². The van der Waals surface area contributed by atoms with Crippen molar-refractivity contribution in [2.45, 2.75) is 451 Å². The summed E-state index contributed by atoms with van der Waals surface area (Å²) >= 11 is 0. The maximum Gasteiger partial charge on any atom is 0.472 e. The molecule has 594 valence electrons. The third kappa shape index (κ3) is 74.3. The number of carbonyl (C=O) groups is 4. The highest BCUT2D eigenvalue weighted by molar-refractivity contribution is 7.47. The number of hydrogen-bond acceptors (Lipinski definition) is 15. The molecule has 0 aromatic carbocycles. The summed E-state index contributed by atoms with van der Waals surface area (Å²) < 4.78 is 68.8. The summed E-state index contributed by atoms with van der Waals surface area (Å²) in [4.78, 5) is 73.1. The first-order chi connectivity index (χ1) is 48.5. The molecule has 2 unspecified atom stereocenters. The van der Waals surface area contributed by atoms with Crippen LogP contribution >= 0.6 is 15.6 Å². The molecule has 0 bridgehead atoms. The molecule has 17 nitrogen and oxygen atoms in total. The Kier molecular flexibility index (Phi) is 72.5. The van der Waals surface area contributed by atoms with Crippen LogP contribution in [0, 0.1) is 5.92 Å². The number of carbonyl (C=O) groups excluding carboxylic acids is 4. The number of phosphoric ester groups is 2. The second kappa shape index (κ2) is 73.9. The van der Waals surface area contributed by atoms with Gasteiger partial charge in [-0.25, -0.2) is 9.13 Å². The Bertz CT molecular complexity index is 1910. The van der Waals surface area contributed by atoms with Gasteiger partial charge in [-0.1, -0.05) is 381 Å². The smallest absolute Gasteiger partial charge is 0.462 e. The van der Waals surface area contributed by atoms with Gasteiger partial charge in [-0.15, -0.1) is 0 Å². The van der Waals surface area contributed by atoms with Crippen LogP contribution in [0.4, 0.5) is 0 Å². The number of rotatable bonds is 81. The van der Waals surface area contributed by atoms with E-state index in [-0.39, 0.29) is 25.7 Å². The summed E-state index contributed by atoms with van der Waals surface area (Å²) in [5.41, 5.74) is 0. The lowest BCUT2D eigenvalue weighted by molar-refractivity contribution is -0.161. The Morgan fingerprint density at radius 1 is 0.270 bits per heavy atom. The van der Waals surface area contributed by atoms with E-state index in [0.717, 1.165) is 95.8 Å². The van der Waals surface area contributed by atoms with Crippen LogP contribution in [0.15, 0.2) is 0 Å². The van der Waals surface area contributed by atoms with E-state index in [1.807, 2.05) is 0 Å². The lowest BCUT2D eigenvalue weighted by atomic mass is 10.0. The van der Waals surface area contributed by atoms with Crippen LogP contribution in [-0.2, 0) is 65.4 Å². The summed E-state index contributed by atoms with van der Waals surface area (Å²) in [5.74, 6) is -1.33. The average Bonchev–Trinajstić information content (AvgIpc) is 1.02. The molecule has 0 saturated heterocycles. The first-order valence-electron chi connectivity index (χ1n) is 42.1. The summed E-state index contributed by atoms with van der Waals surface area (Å²) in [6.07, 6.45) is 65.0. The molecule has 0 saturated carbocycles. The molecule has 0 radical (unpaired) electrons. The van der Waals surface area contributed by atoms with Gasteiger partial charge < -0.3 is 33.8 Å². The molecule has 0 spiro atoms. The van der Waals surface area contributed by atoms with Crippen LogP contribution in [0.1, 0.15) is 433 Å². The van der Waals surface area contributed by atoms with Crippen molar-refractivity contribution in [3.8, 4) is 0 Å². The van der Waals surface area contributed by atoms with Crippen LogP contribution < -0.4 is 0 Å². The monoisotopic (exact) mass is 1470 g/mol. The fourth-order valence-corrected chi connectivity index (χ4v) is 14.2. The van der Waals surface area contributed by atoms with E-state index in [1.54, 1.807) is 0 Å². The molecule has 0 aliphatic carbocycles. The minimum absolute atomic E-state index is 0.108. The molecule has 0 fully saturated rings. The van der Waals surface area contributed by atoms with Crippen molar-refractivity contribution < 1.29 is 80.2 Å². The first kappa shape index (κ1) is 98.1. The number of aliphatic hydroxyl groups excluding tert-OH is 1. The van der Waals surface area contributed by atoms with Crippen LogP contribution in [0.5, 0.6) is 0 Å². The molecule has 5 atom stereocenters. The molecule has 100 heavy (non-hydrogen) atoms. The first-order valence-corrected chi connectivity index (χ1v) is 45.1. The van der Waals surface area contributed by atoms with Gasteiger partial charge in [0.05, 0.1) is 26.4 Å². The molecule has 0 aliphatic rings. The fraction of sp³-hybridized carbons (Fsp3) is 0.951. The lowest BCUT2D eigenvalue weighted by Gasteiger charge is -2.21. The predicted octanol–water partition coefficient (Wildman–Crippen LogP) is 24.4. The van der Waals surface area contributed by atoms with Crippen LogP contribution in [0.25, 0.3) is 0 Å². The topological polar surface area (TPSA) is 237 Å². The van der Waals surface area contributed by atoms with E-state index < -0.39 is 97.5 Å². The van der Waals surface area contributed by atoms with Crippen molar-refractivity contribution in [2.24, 2.45) is 5.92 Å². The van der Waals surface area contributed by atoms with Gasteiger partial charge in [-0.3, -0.25) is 37.3 Å². The van der Waals surface area contributed by atoms with Crippen LogP contribution in [-0.4, -0.2) is 96.7 Å². The van der Waals surface area contributed by atoms with Crippen molar-refractivity contribution in [3.05, 3.63) is 0 Å². The van der Waals surface area contributed by atoms with Crippen molar-refractivity contribution in [1.82, 2.24) is 0 Å². The van der Waals surface area contributed by atoms with Gasteiger partial charge in [0.25, 0.3) is 0 Å². The van der Waals surface area contributed by atoms with Gasteiger partial charge >= 0.3 is 39.5 Å². The van der Waals surface area contributed by atoms with Gasteiger partial charge in [-0.05, 0) is 31.6 Å². The van der Waals surface area contributed by atoms with Crippen molar-refractivity contribution >= 4 is 39.5 Å². The third-order valence-corrected chi connectivity index (χ3v) is 20.9. The van der Waals surface area contributed by atoms with E-state index in [2.05, 4.69) is 34.6 Å². The normalized spacial score (nSPS) is 13.8. The molecule has 0 amide bonds. The van der Waals surface area contributed by atoms with E-state index in [9.17, 15) is 43.2 Å². The van der Waals surface area contributed by atoms with Gasteiger partial charge in [0.15, 0.2) is 12.2 Å². The second-order valence-electron chi connectivity index (χ2n) is 29.6. The maximum atomic E-state index is 13.1. The Hall–Kier alpha value is -1.94. The highest BCUT2D eigenvalue weighted by Crippen LogP contribution is 2.45. The highest BCUT2D eigenvalue weighted by Gasteiger charge is 2.30. The van der Waals surface area contributed by atoms with E-state index >= 15 is 0 Å². The number of phosphoric acid groups is 2. The van der Waals surface area contributed by atoms with E-state index in [1.165, 1.54) is 257 Å². The summed E-state index contributed by atoms with van der Waals surface area (Å²) in [6, 6.07) is 0. The molecule has 0 heterocycles. The molecule has 3 N–H and O–H groups in total. The number of aliphatic hydroxyl groups is 1. The second-order valence-corrected chi connectivity index (χ2v) is 32.5. The average molecular weight is 1470 g/mol. The fourth-order valence-electron chi connectivity index (χ4n) is 12.6. The number of ether oxygens (including phenoxy) is 4. The summed E-state index contributed by atoms with van der Waals surface area (Å²) in [5, 5.41) is 10.6. The van der Waals surface area contributed by atoms with Crippen molar-refractivity contribution in [1.29, 1.82) is 0 Å². The quantitative estimate of drug-likeness (QED) is 0.0222. The van der Waals surface area contributed by atoms with Crippen LogP contribution in [0.2, 0.25) is 0 Å². The molecule has 0 rings (SSSR count). The molecular formula is C81H158O17P2. The zero-order valence-electron chi connectivity index (χ0n) is 65.3. The van der Waals surface area contributed by atoms with Gasteiger partial charge in [0.1, 0.15) is 19.3 Å². The Labute approximate surface area is 613 Å². The minimum atomic E-state index is -4.96. The number of unbranched alkanes of at least 4 members (excludes halogenated alkanes) is 53. The standard InChI is InChI=1S/C81H158O17P2/c1-6-9-12-15-18-21-24-27-29-31-33-35-41-46-51-56-61-66-80(85)97-77(71-92-79(84)65-60-55-50-45-40-34-32-30-28-25-22-19-16-13-10-7-2)73-96-100(89,90)94-69-75(82)68-93-99(87,88)95-72-76(70-91-78(83)64-59-54-49-44-39-26-23-20-17-14-11-8-3)98-81(86)67-62-57-52-47-42-37-36-38-43-48-53-58-63-74(4)5/h74-77,82H,6-73H2,1-5H3,(H,87,88)(H,89,90)/t75-,76+,77+/m0/s1. The molecule has 0 aromatic heterocycles. The highest BCUT2D eigenvalue weighted by atomic mass is 31.2. The minimum Gasteiger partial charge on any atom is -0.462 e. The summed E-state index contributed by atoms with van der Waals surface area (Å²) in [7, 11) is -9.92. The SMILES string of the molecule is CCCCCCCCCCCCCCCCCCCC(=O)O[C@H](COC(=O)CCCCCCCCCCCCCCCCCC)COP(=O)(O)OC[C@@H](O)COP(=O)(O)OC[C@@H](COC(=O)CCCCCCCCCCCCCC)OC(=O)CCCCCCCCCCCCCCC(C)C. The molecular weight excluding hydrogens is 1310 g/mol. The number of esters is 4. The third-order valence-electron chi connectivity index (χ3n) is 19.0. The largest absolute Gasteiger partial charge is 0.472 e. The van der Waals surface area contributed by atoms with Crippen molar-refractivity contribution in [2.75, 3.05) is 39.6 Å². The van der Waals surface area contributed by atoms with Crippen LogP contribution in [0.3, 0.4) is 0 Å². The predicted molar refractivity (Wildman–Crippen MR) is 409 cm³/mol. The van der Waals surface area contributed by atoms with E-state index in [4.69, 9.17) is 37.0 Å². The Balaban J connectivity index is 5.26. The Morgan fingerprint density at radius 3 is 0.680 bits per heavy atom. The zero-order valence-corrected chi connectivity index (χ0v) is 67.1. The number of hydrogen-bond donors (Lipinski definition) is 3. The summed E-state index contributed by atoms with van der Waals surface area (Å²) in [6.45, 7) is 7.35. The Morgan fingerprint density at radius 2 is 0.460 bits per heavy atom. The lowest BCUT2D eigenvalue weighted by Crippen LogP contribution is -2.30. The molecule has 0 aromatic rings. The van der Waals surface area contributed by atoms with Crippen molar-refractivity contribution in [3.63, 3.8) is 0 Å². The molecule has 0 aliphatic heterocycles.